The number of esters is 1. The first kappa shape index (κ1) is 22.3. The Morgan fingerprint density at radius 2 is 1.80 bits per heavy atom. The number of aryl methyl sites for hydroxylation is 1. The molecule has 0 saturated heterocycles. The number of hydrogen-bond acceptors (Lipinski definition) is 7. The first-order valence-electron chi connectivity index (χ1n) is 9.84. The number of nitrogens with one attached hydrogen (secondary N) is 1. The van der Waals surface area contributed by atoms with Crippen molar-refractivity contribution in [1.29, 1.82) is 0 Å². The monoisotopic (exact) mass is 451 g/mol. The van der Waals surface area contributed by atoms with Gasteiger partial charge in [0.1, 0.15) is 16.5 Å². The van der Waals surface area contributed by atoms with E-state index in [-0.39, 0.29) is 11.5 Å². The lowest BCUT2D eigenvalue weighted by Crippen LogP contribution is -2.23. The van der Waals surface area contributed by atoms with E-state index in [1.165, 1.54) is 42.7 Å². The van der Waals surface area contributed by atoms with Gasteiger partial charge in [-0.15, -0.1) is 11.3 Å². The lowest BCUT2D eigenvalue weighted by Gasteiger charge is -2.09. The number of carbonyl (C=O) groups excluding carboxylic acids is 2. The van der Waals surface area contributed by atoms with E-state index in [9.17, 15) is 18.0 Å². The van der Waals surface area contributed by atoms with Crippen LogP contribution in [0.2, 0.25) is 0 Å². The van der Waals surface area contributed by atoms with E-state index in [1.807, 2.05) is 0 Å². The van der Waals surface area contributed by atoms with Gasteiger partial charge in [0.05, 0.1) is 24.2 Å². The molecule has 1 N–H and O–H groups in total. The largest absolute Gasteiger partial charge is 0.497 e. The van der Waals surface area contributed by atoms with Crippen molar-refractivity contribution >= 4 is 38.1 Å². The molecule has 30 heavy (non-hydrogen) atoms. The molecule has 0 unspecified atom stereocenters. The molecule has 0 saturated carbocycles. The number of anilines is 1. The van der Waals surface area contributed by atoms with Crippen LogP contribution in [0.15, 0.2) is 29.2 Å². The maximum Gasteiger partial charge on any atom is 0.341 e. The Kier molecular flexibility index (Phi) is 7.14. The van der Waals surface area contributed by atoms with Crippen LogP contribution >= 0.6 is 11.3 Å². The van der Waals surface area contributed by atoms with Crippen LogP contribution in [0.4, 0.5) is 5.00 Å². The summed E-state index contributed by atoms with van der Waals surface area (Å²) in [5, 5.41) is 3.02. The maximum absolute atomic E-state index is 12.6. The molecule has 162 valence electrons. The molecule has 1 amide bonds. The number of fused-ring (bicyclic) bond motifs is 1. The number of methoxy groups -OCH3 is 1. The minimum atomic E-state index is -3.83. The molecular formula is C21H25NO6S2. The second kappa shape index (κ2) is 9.61. The fourth-order valence-electron chi connectivity index (χ4n) is 3.45. The average Bonchev–Trinajstić information content (AvgIpc) is 2.88. The van der Waals surface area contributed by atoms with Gasteiger partial charge in [0.15, 0.2) is 9.84 Å². The molecule has 0 fully saturated rings. The van der Waals surface area contributed by atoms with Crippen molar-refractivity contribution in [2.45, 2.75) is 43.9 Å². The summed E-state index contributed by atoms with van der Waals surface area (Å²) in [5.41, 5.74) is 1.29. The maximum atomic E-state index is 12.6. The summed E-state index contributed by atoms with van der Waals surface area (Å²) in [5.74, 6) is -1.36. The first-order chi connectivity index (χ1) is 14.4. The predicted octanol–water partition coefficient (Wildman–Crippen LogP) is 3.61. The highest BCUT2D eigenvalue weighted by atomic mass is 32.2. The smallest absolute Gasteiger partial charge is 0.341 e. The number of amides is 1. The molecule has 1 heterocycles. The third-order valence-corrected chi connectivity index (χ3v) is 7.73. The number of thiophene rings is 1. The van der Waals surface area contributed by atoms with Crippen LogP contribution in [-0.4, -0.2) is 39.8 Å². The molecule has 0 aliphatic heterocycles. The van der Waals surface area contributed by atoms with E-state index < -0.39 is 27.5 Å². The third-order valence-electron chi connectivity index (χ3n) is 4.89. The van der Waals surface area contributed by atoms with Crippen LogP contribution in [0.1, 0.15) is 47.0 Å². The van der Waals surface area contributed by atoms with Crippen molar-refractivity contribution < 1.29 is 27.5 Å². The Hall–Kier alpha value is -2.39. The highest BCUT2D eigenvalue weighted by molar-refractivity contribution is 7.92. The van der Waals surface area contributed by atoms with Crippen molar-refractivity contribution in [2.75, 3.05) is 24.8 Å². The molecule has 3 rings (SSSR count). The van der Waals surface area contributed by atoms with E-state index in [2.05, 4.69) is 5.32 Å². The number of benzene rings is 1. The summed E-state index contributed by atoms with van der Waals surface area (Å²) in [6, 6.07) is 5.86. The summed E-state index contributed by atoms with van der Waals surface area (Å²) in [6.07, 6.45) is 4.67. The molecule has 0 bridgehead atoms. The minimum absolute atomic E-state index is 0.0334. The third kappa shape index (κ3) is 5.02. The molecule has 1 aliphatic carbocycles. The Morgan fingerprint density at radius 1 is 1.10 bits per heavy atom. The second-order valence-corrected chi connectivity index (χ2v) is 10.1. The number of ether oxygens (including phenoxy) is 2. The molecule has 0 radical (unpaired) electrons. The summed E-state index contributed by atoms with van der Waals surface area (Å²) >= 11 is 1.34. The zero-order chi connectivity index (χ0) is 21.7. The molecule has 0 spiro atoms. The summed E-state index contributed by atoms with van der Waals surface area (Å²) in [4.78, 5) is 26.2. The SMILES string of the molecule is CCOC(=O)c1c(NC(=O)CS(=O)(=O)c2ccc(OC)cc2)sc2c1CCCCC2. The van der Waals surface area contributed by atoms with Crippen molar-refractivity contribution in [3.63, 3.8) is 0 Å². The van der Waals surface area contributed by atoms with Gasteiger partial charge in [-0.25, -0.2) is 13.2 Å². The van der Waals surface area contributed by atoms with Crippen LogP contribution < -0.4 is 10.1 Å². The number of sulfone groups is 1. The fourth-order valence-corrected chi connectivity index (χ4v) is 5.88. The van der Waals surface area contributed by atoms with E-state index >= 15 is 0 Å². The van der Waals surface area contributed by atoms with Crippen molar-refractivity contribution in [3.8, 4) is 5.75 Å². The number of carbonyl (C=O) groups is 2. The topological polar surface area (TPSA) is 98.8 Å². The van der Waals surface area contributed by atoms with Gasteiger partial charge in [0, 0.05) is 4.88 Å². The number of rotatable bonds is 7. The normalized spacial score (nSPS) is 13.8. The van der Waals surface area contributed by atoms with Crippen LogP contribution in [0.25, 0.3) is 0 Å². The van der Waals surface area contributed by atoms with Crippen molar-refractivity contribution in [3.05, 3.63) is 40.3 Å². The van der Waals surface area contributed by atoms with Gasteiger partial charge in [-0.1, -0.05) is 6.42 Å². The Morgan fingerprint density at radius 3 is 2.47 bits per heavy atom. The van der Waals surface area contributed by atoms with Gasteiger partial charge < -0.3 is 14.8 Å². The minimum Gasteiger partial charge on any atom is -0.497 e. The van der Waals surface area contributed by atoms with Crippen LogP contribution in [-0.2, 0) is 32.2 Å². The molecule has 0 atom stereocenters. The van der Waals surface area contributed by atoms with Crippen molar-refractivity contribution in [2.24, 2.45) is 0 Å². The van der Waals surface area contributed by atoms with Gasteiger partial charge in [-0.05, 0) is 62.4 Å². The van der Waals surface area contributed by atoms with E-state index in [1.54, 1.807) is 6.92 Å². The highest BCUT2D eigenvalue weighted by Gasteiger charge is 2.28. The second-order valence-electron chi connectivity index (χ2n) is 6.97. The zero-order valence-electron chi connectivity index (χ0n) is 17.0. The van der Waals surface area contributed by atoms with E-state index in [0.717, 1.165) is 42.5 Å². The van der Waals surface area contributed by atoms with Gasteiger partial charge in [-0.3, -0.25) is 4.79 Å². The molecule has 1 aromatic carbocycles. The summed E-state index contributed by atoms with van der Waals surface area (Å²) in [6.45, 7) is 1.95. The molecule has 9 heteroatoms. The first-order valence-corrected chi connectivity index (χ1v) is 12.3. The van der Waals surface area contributed by atoms with Crippen LogP contribution in [0.5, 0.6) is 5.75 Å². The summed E-state index contributed by atoms with van der Waals surface area (Å²) < 4.78 is 35.4. The quantitative estimate of drug-likeness (QED) is 0.510. The van der Waals surface area contributed by atoms with E-state index in [4.69, 9.17) is 9.47 Å². The predicted molar refractivity (Wildman–Crippen MR) is 115 cm³/mol. The van der Waals surface area contributed by atoms with Crippen LogP contribution in [0, 0.1) is 0 Å². The van der Waals surface area contributed by atoms with Gasteiger partial charge in [0.2, 0.25) is 5.91 Å². The van der Waals surface area contributed by atoms with Gasteiger partial charge >= 0.3 is 5.97 Å². The standard InChI is InChI=1S/C21H25NO6S2/c1-3-28-21(24)19-16-7-5-4-6-8-17(16)29-20(19)22-18(23)13-30(25,26)15-11-9-14(27-2)10-12-15/h9-12H,3-8,13H2,1-2H3,(H,22,23). The molecule has 1 aliphatic rings. The summed E-state index contributed by atoms with van der Waals surface area (Å²) in [7, 11) is -2.35. The zero-order valence-corrected chi connectivity index (χ0v) is 18.7. The van der Waals surface area contributed by atoms with Crippen LogP contribution in [0.3, 0.4) is 0 Å². The van der Waals surface area contributed by atoms with Gasteiger partial charge in [0.25, 0.3) is 0 Å². The molecule has 2 aromatic rings. The Bertz CT molecular complexity index is 1020. The molecular weight excluding hydrogens is 426 g/mol. The average molecular weight is 452 g/mol. The fraction of sp³-hybridized carbons (Fsp3) is 0.429. The Labute approximate surface area is 180 Å². The van der Waals surface area contributed by atoms with Gasteiger partial charge in [-0.2, -0.15) is 0 Å². The lowest BCUT2D eigenvalue weighted by molar-refractivity contribution is -0.113. The van der Waals surface area contributed by atoms with Crippen molar-refractivity contribution in [1.82, 2.24) is 0 Å². The molecule has 1 aromatic heterocycles. The molecule has 7 nitrogen and oxygen atoms in total. The number of hydrogen-bond donors (Lipinski definition) is 1. The van der Waals surface area contributed by atoms with E-state index in [0.29, 0.717) is 16.3 Å². The highest BCUT2D eigenvalue weighted by Crippen LogP contribution is 2.38. The lowest BCUT2D eigenvalue weighted by atomic mass is 10.1. The Balaban J connectivity index is 1.82.